The van der Waals surface area contributed by atoms with Gasteiger partial charge in [0.2, 0.25) is 0 Å². The van der Waals surface area contributed by atoms with Crippen LogP contribution in [-0.2, 0) is 4.74 Å². The van der Waals surface area contributed by atoms with E-state index < -0.39 is 17.7 Å². The molecule has 0 aliphatic rings. The highest BCUT2D eigenvalue weighted by atomic mass is 19.1. The Morgan fingerprint density at radius 3 is 2.53 bits per heavy atom. The summed E-state index contributed by atoms with van der Waals surface area (Å²) in [4.78, 5) is 2.11. The molecule has 0 bridgehead atoms. The number of ether oxygens (including phenoxy) is 1. The minimum atomic E-state index is -0.594. The highest BCUT2D eigenvalue weighted by Crippen LogP contribution is 2.18. The zero-order valence-electron chi connectivity index (χ0n) is 11.7. The summed E-state index contributed by atoms with van der Waals surface area (Å²) < 4.78 is 31.5. The summed E-state index contributed by atoms with van der Waals surface area (Å²) in [5, 5.41) is 0. The van der Waals surface area contributed by atoms with Crippen LogP contribution in [0.3, 0.4) is 0 Å². The monoisotopic (exact) mass is 272 g/mol. The van der Waals surface area contributed by atoms with Gasteiger partial charge in [-0.2, -0.15) is 0 Å². The SMILES string of the molecule is COCCN(CC(N)c1ccc(F)cc1F)C(C)C. The Morgan fingerprint density at radius 2 is 2.00 bits per heavy atom. The molecule has 1 aromatic rings. The van der Waals surface area contributed by atoms with E-state index in [1.165, 1.54) is 12.1 Å². The van der Waals surface area contributed by atoms with Crippen LogP contribution in [0.2, 0.25) is 0 Å². The first-order valence-electron chi connectivity index (χ1n) is 6.39. The summed E-state index contributed by atoms with van der Waals surface area (Å²) in [6, 6.07) is 3.30. The van der Waals surface area contributed by atoms with Crippen LogP contribution >= 0.6 is 0 Å². The van der Waals surface area contributed by atoms with E-state index in [0.29, 0.717) is 18.7 Å². The van der Waals surface area contributed by atoms with Gasteiger partial charge in [0.25, 0.3) is 0 Å². The van der Waals surface area contributed by atoms with Gasteiger partial charge >= 0.3 is 0 Å². The standard InChI is InChI=1S/C14H22F2N2O/c1-10(2)18(6-7-19-3)9-14(17)12-5-4-11(15)8-13(12)16/h4-5,8,10,14H,6-7,9,17H2,1-3H3. The summed E-state index contributed by atoms with van der Waals surface area (Å²) in [6.07, 6.45) is 0. The van der Waals surface area contributed by atoms with E-state index in [-0.39, 0.29) is 6.04 Å². The lowest BCUT2D eigenvalue weighted by molar-refractivity contribution is 0.124. The number of methoxy groups -OCH3 is 1. The number of halogens is 2. The maximum absolute atomic E-state index is 13.6. The van der Waals surface area contributed by atoms with Gasteiger partial charge in [0.05, 0.1) is 6.61 Å². The molecule has 5 heteroatoms. The minimum absolute atomic E-state index is 0.282. The Hall–Kier alpha value is -1.04. The zero-order valence-corrected chi connectivity index (χ0v) is 11.7. The third kappa shape index (κ3) is 4.86. The van der Waals surface area contributed by atoms with Crippen LogP contribution in [0.25, 0.3) is 0 Å². The molecule has 108 valence electrons. The second kappa shape index (κ2) is 7.53. The number of benzene rings is 1. The van der Waals surface area contributed by atoms with Crippen molar-refractivity contribution in [2.75, 3.05) is 26.8 Å². The molecular formula is C14H22F2N2O. The molecule has 1 atom stereocenters. The van der Waals surface area contributed by atoms with Gasteiger partial charge in [0.1, 0.15) is 11.6 Å². The van der Waals surface area contributed by atoms with Crippen molar-refractivity contribution in [1.82, 2.24) is 4.90 Å². The van der Waals surface area contributed by atoms with Crippen molar-refractivity contribution in [2.45, 2.75) is 25.9 Å². The molecule has 0 aliphatic carbocycles. The van der Waals surface area contributed by atoms with E-state index in [1.807, 2.05) is 13.8 Å². The number of nitrogens with two attached hydrogens (primary N) is 1. The van der Waals surface area contributed by atoms with Crippen molar-refractivity contribution in [3.63, 3.8) is 0 Å². The largest absolute Gasteiger partial charge is 0.383 e. The summed E-state index contributed by atoms with van der Waals surface area (Å²) >= 11 is 0. The summed E-state index contributed by atoms with van der Waals surface area (Å²) in [5.41, 5.74) is 6.35. The van der Waals surface area contributed by atoms with E-state index in [0.717, 1.165) is 12.6 Å². The highest BCUT2D eigenvalue weighted by molar-refractivity contribution is 5.22. The molecule has 0 saturated heterocycles. The first-order chi connectivity index (χ1) is 8.95. The summed E-state index contributed by atoms with van der Waals surface area (Å²) in [5.74, 6) is -1.18. The van der Waals surface area contributed by atoms with E-state index >= 15 is 0 Å². The van der Waals surface area contributed by atoms with Gasteiger partial charge in [0, 0.05) is 43.9 Å². The van der Waals surface area contributed by atoms with Crippen LogP contribution in [0.4, 0.5) is 8.78 Å². The van der Waals surface area contributed by atoms with Gasteiger partial charge in [-0.05, 0) is 19.9 Å². The van der Waals surface area contributed by atoms with Crippen LogP contribution in [0.15, 0.2) is 18.2 Å². The van der Waals surface area contributed by atoms with Gasteiger partial charge in [0.15, 0.2) is 0 Å². The fourth-order valence-electron chi connectivity index (χ4n) is 1.92. The molecule has 0 aliphatic heterocycles. The predicted octanol–water partition coefficient (Wildman–Crippen LogP) is 2.32. The molecule has 0 radical (unpaired) electrons. The third-order valence-corrected chi connectivity index (χ3v) is 3.11. The average molecular weight is 272 g/mol. The predicted molar refractivity (Wildman–Crippen MR) is 71.9 cm³/mol. The fourth-order valence-corrected chi connectivity index (χ4v) is 1.92. The molecule has 1 aromatic carbocycles. The van der Waals surface area contributed by atoms with Crippen LogP contribution in [0, 0.1) is 11.6 Å². The van der Waals surface area contributed by atoms with E-state index in [9.17, 15) is 8.78 Å². The van der Waals surface area contributed by atoms with Crippen LogP contribution in [-0.4, -0.2) is 37.7 Å². The Morgan fingerprint density at radius 1 is 1.32 bits per heavy atom. The first-order valence-corrected chi connectivity index (χ1v) is 6.39. The van der Waals surface area contributed by atoms with Crippen molar-refractivity contribution in [3.05, 3.63) is 35.4 Å². The molecule has 1 unspecified atom stereocenters. The van der Waals surface area contributed by atoms with E-state index in [1.54, 1.807) is 7.11 Å². The molecular weight excluding hydrogens is 250 g/mol. The molecule has 19 heavy (non-hydrogen) atoms. The lowest BCUT2D eigenvalue weighted by Gasteiger charge is -2.29. The van der Waals surface area contributed by atoms with Gasteiger partial charge in [-0.15, -0.1) is 0 Å². The van der Waals surface area contributed by atoms with Gasteiger partial charge in [-0.1, -0.05) is 6.07 Å². The number of hydrogen-bond acceptors (Lipinski definition) is 3. The zero-order chi connectivity index (χ0) is 14.4. The van der Waals surface area contributed by atoms with Crippen molar-refractivity contribution < 1.29 is 13.5 Å². The Kier molecular flexibility index (Phi) is 6.34. The maximum atomic E-state index is 13.6. The smallest absolute Gasteiger partial charge is 0.130 e. The normalized spacial score (nSPS) is 13.3. The van der Waals surface area contributed by atoms with E-state index in [2.05, 4.69) is 4.90 Å². The lowest BCUT2D eigenvalue weighted by atomic mass is 10.1. The highest BCUT2D eigenvalue weighted by Gasteiger charge is 2.17. The first kappa shape index (κ1) is 16.0. The van der Waals surface area contributed by atoms with Gasteiger partial charge in [-0.3, -0.25) is 4.90 Å². The molecule has 0 saturated carbocycles. The Bertz CT molecular complexity index is 399. The lowest BCUT2D eigenvalue weighted by Crippen LogP contribution is -2.39. The van der Waals surface area contributed by atoms with Gasteiger partial charge in [-0.25, -0.2) is 8.78 Å². The summed E-state index contributed by atoms with van der Waals surface area (Å²) in [7, 11) is 1.64. The minimum Gasteiger partial charge on any atom is -0.383 e. The van der Waals surface area contributed by atoms with Gasteiger partial charge < -0.3 is 10.5 Å². The third-order valence-electron chi connectivity index (χ3n) is 3.11. The molecule has 0 heterocycles. The summed E-state index contributed by atoms with van der Waals surface area (Å²) in [6.45, 7) is 5.91. The Labute approximate surface area is 113 Å². The van der Waals surface area contributed by atoms with Crippen molar-refractivity contribution in [1.29, 1.82) is 0 Å². The van der Waals surface area contributed by atoms with Crippen LogP contribution in [0.1, 0.15) is 25.5 Å². The molecule has 1 rings (SSSR count). The number of nitrogens with zero attached hydrogens (tertiary/aromatic N) is 1. The Balaban J connectivity index is 2.72. The molecule has 3 nitrogen and oxygen atoms in total. The molecule has 0 aromatic heterocycles. The van der Waals surface area contributed by atoms with Crippen molar-refractivity contribution in [3.8, 4) is 0 Å². The topological polar surface area (TPSA) is 38.5 Å². The number of rotatable bonds is 7. The molecule has 0 spiro atoms. The average Bonchev–Trinajstić information content (AvgIpc) is 2.33. The van der Waals surface area contributed by atoms with Crippen molar-refractivity contribution in [2.24, 2.45) is 5.73 Å². The number of hydrogen-bond donors (Lipinski definition) is 1. The quantitative estimate of drug-likeness (QED) is 0.828. The molecule has 2 N–H and O–H groups in total. The van der Waals surface area contributed by atoms with Crippen molar-refractivity contribution >= 4 is 0 Å². The van der Waals surface area contributed by atoms with Crippen LogP contribution < -0.4 is 5.73 Å². The fraction of sp³-hybridized carbons (Fsp3) is 0.571. The maximum Gasteiger partial charge on any atom is 0.130 e. The molecule has 0 fully saturated rings. The molecule has 0 amide bonds. The van der Waals surface area contributed by atoms with Crippen LogP contribution in [0.5, 0.6) is 0 Å². The van der Waals surface area contributed by atoms with E-state index in [4.69, 9.17) is 10.5 Å². The second-order valence-electron chi connectivity index (χ2n) is 4.85. The second-order valence-corrected chi connectivity index (χ2v) is 4.85.